The van der Waals surface area contributed by atoms with Crippen LogP contribution in [0.25, 0.3) is 11.4 Å². The number of aromatic amines is 1. The van der Waals surface area contributed by atoms with Gasteiger partial charge in [0.15, 0.2) is 5.69 Å². The largest absolute Gasteiger partial charge is 0.345 e. The Kier molecular flexibility index (Phi) is 3.56. The molecule has 7 heteroatoms. The molecule has 0 saturated carbocycles. The first-order valence-corrected chi connectivity index (χ1v) is 6.95. The van der Waals surface area contributed by atoms with Gasteiger partial charge in [0.05, 0.1) is 10.0 Å². The second-order valence-electron chi connectivity index (χ2n) is 4.02. The highest BCUT2D eigenvalue weighted by atomic mass is 35.5. The molecule has 3 aromatic rings. The summed E-state index contributed by atoms with van der Waals surface area (Å²) in [5.74, 6) is 0. The van der Waals surface area contributed by atoms with Gasteiger partial charge in [-0.2, -0.15) is 0 Å². The number of hydrogen-bond donors (Lipinski definition) is 1. The summed E-state index contributed by atoms with van der Waals surface area (Å²) in [6, 6.07) is 14.8. The molecule has 1 N–H and O–H groups in total. The molecule has 100 valence electrons. The fraction of sp³-hybridized carbons (Fsp3) is 0. The van der Waals surface area contributed by atoms with Crippen LogP contribution in [0, 0.1) is 4.77 Å². The summed E-state index contributed by atoms with van der Waals surface area (Å²) in [5, 5.41) is 8.37. The monoisotopic (exact) mass is 323 g/mol. The van der Waals surface area contributed by atoms with Gasteiger partial charge in [-0.3, -0.25) is 0 Å². The smallest absolute Gasteiger partial charge is 0.137 e. The Morgan fingerprint density at radius 1 is 1.00 bits per heavy atom. The highest BCUT2D eigenvalue weighted by Gasteiger charge is 2.19. The second-order valence-corrected chi connectivity index (χ2v) is 5.22. The minimum Gasteiger partial charge on any atom is -0.137 e. The van der Waals surface area contributed by atoms with Crippen molar-refractivity contribution in [1.82, 2.24) is 15.0 Å². The number of para-hydroxylation sites is 2. The zero-order valence-corrected chi connectivity index (χ0v) is 12.5. The van der Waals surface area contributed by atoms with Crippen molar-refractivity contribution in [1.29, 1.82) is 0 Å². The molecule has 3 rings (SSSR count). The van der Waals surface area contributed by atoms with E-state index in [1.165, 1.54) is 0 Å². The van der Waals surface area contributed by atoms with Crippen molar-refractivity contribution in [3.05, 3.63) is 63.3 Å². The molecule has 0 saturated heterocycles. The Labute approximate surface area is 130 Å². The minimum absolute atomic E-state index is 0.338. The fourth-order valence-corrected chi connectivity index (χ4v) is 2.44. The first kappa shape index (κ1) is 13.3. The van der Waals surface area contributed by atoms with E-state index < -0.39 is 0 Å². The van der Waals surface area contributed by atoms with E-state index in [0.717, 1.165) is 5.69 Å². The lowest BCUT2D eigenvalue weighted by Crippen LogP contribution is -2.43. The third-order valence-corrected chi connectivity index (χ3v) is 3.54. The van der Waals surface area contributed by atoms with Crippen LogP contribution in [-0.4, -0.2) is 15.0 Å². The molecule has 2 aromatic carbocycles. The number of halogens is 2. The average Bonchev–Trinajstić information content (AvgIpc) is 2.81. The van der Waals surface area contributed by atoms with Gasteiger partial charge in [-0.05, 0) is 46.1 Å². The molecule has 4 nitrogen and oxygen atoms in total. The van der Waals surface area contributed by atoms with E-state index in [1.807, 2.05) is 36.4 Å². The van der Waals surface area contributed by atoms with Gasteiger partial charge in [0.1, 0.15) is 5.69 Å². The number of rotatable bonds is 2. The van der Waals surface area contributed by atoms with E-state index in [-0.39, 0.29) is 0 Å². The lowest BCUT2D eigenvalue weighted by Gasteiger charge is -2.04. The molecule has 20 heavy (non-hydrogen) atoms. The normalized spacial score (nSPS) is 10.7. The summed E-state index contributed by atoms with van der Waals surface area (Å²) >= 11 is 17.5. The van der Waals surface area contributed by atoms with E-state index in [4.69, 9.17) is 35.4 Å². The number of tetrazole rings is 1. The van der Waals surface area contributed by atoms with E-state index in [1.54, 1.807) is 21.7 Å². The van der Waals surface area contributed by atoms with Gasteiger partial charge in [-0.25, -0.2) is 0 Å². The van der Waals surface area contributed by atoms with Gasteiger partial charge < -0.3 is 0 Å². The second kappa shape index (κ2) is 5.36. The number of hydrogen-bond acceptors (Lipinski definition) is 2. The Balaban J connectivity index is 2.27. The van der Waals surface area contributed by atoms with Crippen LogP contribution >= 0.6 is 35.4 Å². The summed E-state index contributed by atoms with van der Waals surface area (Å²) in [6.07, 6.45) is 0. The first-order valence-electron chi connectivity index (χ1n) is 5.78. The molecular weight excluding hydrogens is 315 g/mol. The fourth-order valence-electron chi connectivity index (χ4n) is 1.85. The first-order chi connectivity index (χ1) is 9.66. The van der Waals surface area contributed by atoms with Crippen molar-refractivity contribution < 1.29 is 4.80 Å². The number of nitrogens with one attached hydrogen (secondary N) is 1. The van der Waals surface area contributed by atoms with Crippen molar-refractivity contribution in [3.63, 3.8) is 0 Å². The SMILES string of the molecule is S=c1n[n+](-c2ccccc2Cl)n(-c2ccccc2Cl)[nH]1. The van der Waals surface area contributed by atoms with Gasteiger partial charge in [-0.1, -0.05) is 47.5 Å². The molecule has 0 aliphatic carbocycles. The topological polar surface area (TPSA) is 37.5 Å². The molecule has 0 atom stereocenters. The number of benzene rings is 2. The Hall–Kier alpha value is -1.69. The average molecular weight is 324 g/mol. The predicted octanol–water partition coefficient (Wildman–Crippen LogP) is 3.51. The zero-order chi connectivity index (χ0) is 14.1. The maximum atomic E-state index is 6.22. The van der Waals surface area contributed by atoms with Gasteiger partial charge in [0, 0.05) is 5.10 Å². The lowest BCUT2D eigenvalue weighted by molar-refractivity contribution is -0.735. The zero-order valence-electron chi connectivity index (χ0n) is 10.1. The van der Waals surface area contributed by atoms with Crippen LogP contribution in [-0.2, 0) is 0 Å². The third-order valence-electron chi connectivity index (χ3n) is 2.73. The number of H-pyrrole nitrogens is 1. The van der Waals surface area contributed by atoms with Crippen LogP contribution < -0.4 is 4.80 Å². The van der Waals surface area contributed by atoms with Crippen molar-refractivity contribution in [2.45, 2.75) is 0 Å². The summed E-state index contributed by atoms with van der Waals surface area (Å²) in [6.45, 7) is 0. The molecule has 0 fully saturated rings. The van der Waals surface area contributed by atoms with Crippen molar-refractivity contribution in [3.8, 4) is 11.4 Å². The number of aromatic nitrogens is 4. The third kappa shape index (κ3) is 2.35. The lowest BCUT2D eigenvalue weighted by atomic mass is 10.3. The van der Waals surface area contributed by atoms with E-state index >= 15 is 0 Å². The molecule has 0 aliphatic rings. The van der Waals surface area contributed by atoms with Gasteiger partial charge in [0.25, 0.3) is 0 Å². The van der Waals surface area contributed by atoms with Crippen LogP contribution in [0.5, 0.6) is 0 Å². The molecule has 0 spiro atoms. The van der Waals surface area contributed by atoms with Crippen LogP contribution in [0.1, 0.15) is 0 Å². The van der Waals surface area contributed by atoms with Crippen LogP contribution in [0.4, 0.5) is 0 Å². The quantitative estimate of drug-likeness (QED) is 0.578. The van der Waals surface area contributed by atoms with Crippen LogP contribution in [0.15, 0.2) is 48.5 Å². The highest BCUT2D eigenvalue weighted by molar-refractivity contribution is 7.71. The molecule has 1 heterocycles. The van der Waals surface area contributed by atoms with E-state index in [9.17, 15) is 0 Å². The summed E-state index contributed by atoms with van der Waals surface area (Å²) < 4.78 is 0.338. The standard InChI is InChI=1S/C13H8Cl2N4S/c14-9-5-1-3-7-11(9)18-16-13(20)17-19(18)12-8-4-2-6-10(12)15/h1-8H/p+1. The Morgan fingerprint density at radius 3 is 2.35 bits per heavy atom. The summed E-state index contributed by atoms with van der Waals surface area (Å²) in [4.78, 5) is 3.25. The van der Waals surface area contributed by atoms with Crippen molar-refractivity contribution in [2.24, 2.45) is 0 Å². The van der Waals surface area contributed by atoms with Gasteiger partial charge >= 0.3 is 4.77 Å². The molecule has 0 aliphatic heterocycles. The van der Waals surface area contributed by atoms with Crippen molar-refractivity contribution >= 4 is 35.4 Å². The van der Waals surface area contributed by atoms with Crippen LogP contribution in [0.2, 0.25) is 10.0 Å². The maximum Gasteiger partial charge on any atom is 0.345 e. The molecule has 0 unspecified atom stereocenters. The molecule has 0 radical (unpaired) electrons. The Morgan fingerprint density at radius 2 is 1.65 bits per heavy atom. The van der Waals surface area contributed by atoms with Gasteiger partial charge in [-0.15, -0.1) is 5.10 Å². The molecule has 1 aromatic heterocycles. The summed E-state index contributed by atoms with van der Waals surface area (Å²) in [7, 11) is 0. The molecule has 0 bridgehead atoms. The van der Waals surface area contributed by atoms with E-state index in [2.05, 4.69) is 10.2 Å². The van der Waals surface area contributed by atoms with Gasteiger partial charge in [0.2, 0.25) is 0 Å². The highest BCUT2D eigenvalue weighted by Crippen LogP contribution is 2.19. The maximum absolute atomic E-state index is 6.22. The predicted molar refractivity (Wildman–Crippen MR) is 80.3 cm³/mol. The van der Waals surface area contributed by atoms with Crippen LogP contribution in [0.3, 0.4) is 0 Å². The molecule has 0 amide bonds. The number of nitrogens with zero attached hydrogens (tertiary/aromatic N) is 3. The van der Waals surface area contributed by atoms with E-state index in [0.29, 0.717) is 20.5 Å². The summed E-state index contributed by atoms with van der Waals surface area (Å²) in [5.41, 5.74) is 1.44. The minimum atomic E-state index is 0.338. The molecular formula is C13H9Cl2N4S+. The van der Waals surface area contributed by atoms with Crippen molar-refractivity contribution in [2.75, 3.05) is 0 Å². The Bertz CT molecular complexity index is 759.